The van der Waals surface area contributed by atoms with Gasteiger partial charge in [-0.3, -0.25) is 4.68 Å². The summed E-state index contributed by atoms with van der Waals surface area (Å²) in [4.78, 5) is 12.3. The number of rotatable bonds is 2. The van der Waals surface area contributed by atoms with Crippen molar-refractivity contribution in [3.05, 3.63) is 28.6 Å². The topological polar surface area (TPSA) is 44.1 Å². The van der Waals surface area contributed by atoms with Gasteiger partial charge in [0.1, 0.15) is 5.52 Å². The number of fused-ring (bicyclic) bond motifs is 1. The van der Waals surface area contributed by atoms with Crippen LogP contribution in [-0.4, -0.2) is 22.9 Å². The highest BCUT2D eigenvalue weighted by Gasteiger charge is 2.43. The van der Waals surface area contributed by atoms with Gasteiger partial charge in [-0.05, 0) is 25.0 Å². The molecule has 112 valence electrons. The summed E-state index contributed by atoms with van der Waals surface area (Å²) >= 11 is 3.28. The van der Waals surface area contributed by atoms with Crippen LogP contribution in [0.25, 0.3) is 10.9 Å². The van der Waals surface area contributed by atoms with E-state index in [4.69, 9.17) is 4.74 Å². The minimum Gasteiger partial charge on any atom is -0.467 e. The molecule has 4 nitrogen and oxygen atoms in total. The number of halogens is 2. The number of ether oxygens (including phenoxy) is 1. The zero-order valence-corrected chi connectivity index (χ0v) is 13.3. The number of carbonyl (C=O) groups is 1. The molecule has 1 aliphatic carbocycles. The lowest BCUT2D eigenvalue weighted by Crippen LogP contribution is -2.44. The molecule has 1 fully saturated rings. The van der Waals surface area contributed by atoms with Gasteiger partial charge in [-0.25, -0.2) is 9.18 Å². The molecule has 21 heavy (non-hydrogen) atoms. The SMILES string of the molecule is COC(=O)C1(n2cc3cc(Br)cc(F)c3n2)CCCCC1. The van der Waals surface area contributed by atoms with Crippen LogP contribution in [0.15, 0.2) is 22.8 Å². The fraction of sp³-hybridized carbons (Fsp3) is 0.467. The van der Waals surface area contributed by atoms with E-state index in [1.54, 1.807) is 16.9 Å². The molecule has 1 heterocycles. The van der Waals surface area contributed by atoms with Gasteiger partial charge in [-0.15, -0.1) is 0 Å². The van der Waals surface area contributed by atoms with Crippen molar-refractivity contribution in [1.82, 2.24) is 9.78 Å². The minimum atomic E-state index is -0.801. The lowest BCUT2D eigenvalue weighted by atomic mass is 9.82. The van der Waals surface area contributed by atoms with Crippen LogP contribution in [0.2, 0.25) is 0 Å². The third kappa shape index (κ3) is 2.35. The van der Waals surface area contributed by atoms with Crippen molar-refractivity contribution in [2.45, 2.75) is 37.6 Å². The van der Waals surface area contributed by atoms with E-state index in [1.165, 1.54) is 13.2 Å². The van der Waals surface area contributed by atoms with Crippen molar-refractivity contribution < 1.29 is 13.9 Å². The first kappa shape index (κ1) is 14.5. The molecular formula is C15H16BrFN2O2. The Bertz CT molecular complexity index is 692. The van der Waals surface area contributed by atoms with E-state index >= 15 is 0 Å². The van der Waals surface area contributed by atoms with E-state index in [1.807, 2.05) is 0 Å². The third-order valence-electron chi connectivity index (χ3n) is 4.21. The van der Waals surface area contributed by atoms with Gasteiger partial charge >= 0.3 is 5.97 Å². The highest BCUT2D eigenvalue weighted by atomic mass is 79.9. The summed E-state index contributed by atoms with van der Waals surface area (Å²) in [6.07, 6.45) is 6.08. The van der Waals surface area contributed by atoms with E-state index in [0.29, 0.717) is 22.7 Å². The standard InChI is InChI=1S/C15H16BrFN2O2/c1-21-14(20)15(5-3-2-4-6-15)19-9-10-7-11(16)8-12(17)13(10)18-19/h7-9H,2-6H2,1H3. The van der Waals surface area contributed by atoms with Crippen molar-refractivity contribution in [2.24, 2.45) is 0 Å². The second-order valence-corrected chi connectivity index (χ2v) is 6.40. The maximum atomic E-state index is 14.0. The van der Waals surface area contributed by atoms with Gasteiger partial charge in [0.25, 0.3) is 0 Å². The van der Waals surface area contributed by atoms with Crippen molar-refractivity contribution in [3.8, 4) is 0 Å². The number of hydrogen-bond acceptors (Lipinski definition) is 3. The molecule has 2 aromatic rings. The summed E-state index contributed by atoms with van der Waals surface area (Å²) in [7, 11) is 1.39. The third-order valence-corrected chi connectivity index (χ3v) is 4.67. The molecular weight excluding hydrogens is 339 g/mol. The molecule has 0 aliphatic heterocycles. The number of nitrogens with zero attached hydrogens (tertiary/aromatic N) is 2. The zero-order chi connectivity index (χ0) is 15.0. The Morgan fingerprint density at radius 2 is 2.10 bits per heavy atom. The molecule has 0 unspecified atom stereocenters. The predicted molar refractivity (Wildman–Crippen MR) is 80.5 cm³/mol. The lowest BCUT2D eigenvalue weighted by molar-refractivity contribution is -0.154. The molecule has 1 saturated carbocycles. The summed E-state index contributed by atoms with van der Waals surface area (Å²) in [5, 5.41) is 5.01. The van der Waals surface area contributed by atoms with Crippen LogP contribution in [0.1, 0.15) is 32.1 Å². The monoisotopic (exact) mass is 354 g/mol. The number of methoxy groups -OCH3 is 1. The van der Waals surface area contributed by atoms with Gasteiger partial charge in [0.15, 0.2) is 11.4 Å². The average molecular weight is 355 g/mol. The van der Waals surface area contributed by atoms with E-state index in [9.17, 15) is 9.18 Å². The Morgan fingerprint density at radius 1 is 1.38 bits per heavy atom. The highest BCUT2D eigenvalue weighted by Crippen LogP contribution is 2.37. The first-order valence-electron chi connectivity index (χ1n) is 7.00. The summed E-state index contributed by atoms with van der Waals surface area (Å²) in [6.45, 7) is 0. The summed E-state index contributed by atoms with van der Waals surface area (Å²) in [6, 6.07) is 3.18. The fourth-order valence-corrected chi connectivity index (χ4v) is 3.58. The first-order chi connectivity index (χ1) is 10.1. The van der Waals surface area contributed by atoms with Crippen LogP contribution >= 0.6 is 15.9 Å². The summed E-state index contributed by atoms with van der Waals surface area (Å²) in [5.74, 6) is -0.691. The van der Waals surface area contributed by atoms with Crippen LogP contribution < -0.4 is 0 Å². The largest absolute Gasteiger partial charge is 0.467 e. The van der Waals surface area contributed by atoms with Crippen molar-refractivity contribution >= 4 is 32.8 Å². The molecule has 3 rings (SSSR count). The summed E-state index contributed by atoms with van der Waals surface area (Å²) < 4.78 is 21.3. The van der Waals surface area contributed by atoms with E-state index < -0.39 is 11.4 Å². The molecule has 0 bridgehead atoms. The highest BCUT2D eigenvalue weighted by molar-refractivity contribution is 9.10. The molecule has 0 atom stereocenters. The average Bonchev–Trinajstić information content (AvgIpc) is 2.91. The van der Waals surface area contributed by atoms with Crippen molar-refractivity contribution in [2.75, 3.05) is 7.11 Å². The van der Waals surface area contributed by atoms with Gasteiger partial charge in [0, 0.05) is 16.1 Å². The number of hydrogen-bond donors (Lipinski definition) is 0. The first-order valence-corrected chi connectivity index (χ1v) is 7.79. The molecule has 1 aliphatic rings. The minimum absolute atomic E-state index is 0.284. The summed E-state index contributed by atoms with van der Waals surface area (Å²) in [5.41, 5.74) is -0.516. The molecule has 0 radical (unpaired) electrons. The van der Waals surface area contributed by atoms with Gasteiger partial charge < -0.3 is 4.74 Å². The number of carbonyl (C=O) groups excluding carboxylic acids is 1. The van der Waals surface area contributed by atoms with Crippen LogP contribution in [0, 0.1) is 5.82 Å². The second kappa shape index (κ2) is 5.40. The van der Waals surface area contributed by atoms with Gasteiger partial charge in [0.05, 0.1) is 7.11 Å². The van der Waals surface area contributed by atoms with E-state index in [2.05, 4.69) is 21.0 Å². The van der Waals surface area contributed by atoms with Gasteiger partial charge in [-0.2, -0.15) is 5.10 Å². The second-order valence-electron chi connectivity index (χ2n) is 5.48. The zero-order valence-electron chi connectivity index (χ0n) is 11.7. The molecule has 0 saturated heterocycles. The maximum Gasteiger partial charge on any atom is 0.333 e. The molecule has 1 aromatic heterocycles. The normalized spacial score (nSPS) is 17.9. The number of benzene rings is 1. The Kier molecular flexibility index (Phi) is 3.73. The molecule has 0 N–H and O–H groups in total. The van der Waals surface area contributed by atoms with Crippen LogP contribution in [0.5, 0.6) is 0 Å². The van der Waals surface area contributed by atoms with E-state index in [-0.39, 0.29) is 11.5 Å². The Hall–Kier alpha value is -1.43. The van der Waals surface area contributed by atoms with Crippen molar-refractivity contribution in [1.29, 1.82) is 0 Å². The van der Waals surface area contributed by atoms with Crippen molar-refractivity contribution in [3.63, 3.8) is 0 Å². The van der Waals surface area contributed by atoms with Crippen LogP contribution in [-0.2, 0) is 15.1 Å². The molecule has 0 spiro atoms. The van der Waals surface area contributed by atoms with Gasteiger partial charge in [-0.1, -0.05) is 35.2 Å². The quantitative estimate of drug-likeness (QED) is 0.771. The Morgan fingerprint density at radius 3 is 2.76 bits per heavy atom. The Balaban J connectivity index is 2.15. The molecule has 1 aromatic carbocycles. The Labute approximate surface area is 130 Å². The number of esters is 1. The number of aromatic nitrogens is 2. The van der Waals surface area contributed by atoms with E-state index in [0.717, 1.165) is 19.3 Å². The van der Waals surface area contributed by atoms with Crippen LogP contribution in [0.3, 0.4) is 0 Å². The smallest absolute Gasteiger partial charge is 0.333 e. The molecule has 6 heteroatoms. The fourth-order valence-electron chi connectivity index (χ4n) is 3.13. The molecule has 0 amide bonds. The van der Waals surface area contributed by atoms with Crippen LogP contribution in [0.4, 0.5) is 4.39 Å². The van der Waals surface area contributed by atoms with Gasteiger partial charge in [0.2, 0.25) is 0 Å². The lowest BCUT2D eigenvalue weighted by Gasteiger charge is -2.34. The maximum absolute atomic E-state index is 14.0. The predicted octanol–water partition coefficient (Wildman–Crippen LogP) is 3.77.